The summed E-state index contributed by atoms with van der Waals surface area (Å²) in [7, 11) is 1.83. The molecule has 0 aliphatic carbocycles. The molecule has 1 aromatic heterocycles. The first-order valence-corrected chi connectivity index (χ1v) is 8.00. The quantitative estimate of drug-likeness (QED) is 0.804. The maximum absolute atomic E-state index is 12.4. The molecule has 124 valence electrons. The number of rotatable bonds is 6. The smallest absolute Gasteiger partial charge is 0.276 e. The van der Waals surface area contributed by atoms with Crippen molar-refractivity contribution < 1.29 is 14.1 Å². The number of carbonyl (C=O) groups is 1. The lowest BCUT2D eigenvalue weighted by Crippen LogP contribution is -2.36. The highest BCUT2D eigenvalue weighted by Gasteiger charge is 2.22. The van der Waals surface area contributed by atoms with E-state index in [1.54, 1.807) is 11.0 Å². The number of nitrogens with zero attached hydrogens (tertiary/aromatic N) is 3. The summed E-state index contributed by atoms with van der Waals surface area (Å²) in [5.74, 6) is 1.21. The van der Waals surface area contributed by atoms with Crippen LogP contribution in [0.4, 0.5) is 0 Å². The van der Waals surface area contributed by atoms with Crippen LogP contribution in [0.25, 0.3) is 0 Å². The topological polar surface area (TPSA) is 58.8 Å². The van der Waals surface area contributed by atoms with E-state index in [1.807, 2.05) is 7.05 Å². The molecule has 22 heavy (non-hydrogen) atoms. The van der Waals surface area contributed by atoms with Crippen LogP contribution in [-0.2, 0) is 11.3 Å². The molecule has 0 saturated carbocycles. The van der Waals surface area contributed by atoms with Gasteiger partial charge >= 0.3 is 0 Å². The molecule has 1 aliphatic rings. The zero-order valence-electron chi connectivity index (χ0n) is 14.0. The average molecular weight is 309 g/mol. The van der Waals surface area contributed by atoms with Crippen LogP contribution in [0, 0.1) is 5.92 Å². The molecule has 0 N–H and O–H groups in total. The summed E-state index contributed by atoms with van der Waals surface area (Å²) in [5, 5.41) is 3.94. The number of hydrogen-bond acceptors (Lipinski definition) is 5. The van der Waals surface area contributed by atoms with E-state index in [-0.39, 0.29) is 11.9 Å². The summed E-state index contributed by atoms with van der Waals surface area (Å²) >= 11 is 0. The van der Waals surface area contributed by atoms with Crippen LogP contribution < -0.4 is 0 Å². The lowest BCUT2D eigenvalue weighted by Gasteiger charge is -2.25. The Labute approximate surface area is 132 Å². The Kier molecular flexibility index (Phi) is 5.97. The first kappa shape index (κ1) is 17.0. The normalized spacial score (nSPS) is 17.7. The van der Waals surface area contributed by atoms with Gasteiger partial charge in [-0.2, -0.15) is 0 Å². The number of aromatic nitrogens is 1. The minimum absolute atomic E-state index is 0.0786. The second-order valence-corrected chi connectivity index (χ2v) is 6.46. The zero-order valence-corrected chi connectivity index (χ0v) is 14.0. The number of morpholine rings is 1. The molecule has 2 rings (SSSR count). The first-order chi connectivity index (χ1) is 10.5. The third-order valence-electron chi connectivity index (χ3n) is 4.06. The fraction of sp³-hybridized carbons (Fsp3) is 0.750. The van der Waals surface area contributed by atoms with Crippen LogP contribution in [0.2, 0.25) is 0 Å². The van der Waals surface area contributed by atoms with Gasteiger partial charge < -0.3 is 14.2 Å². The van der Waals surface area contributed by atoms with Crippen LogP contribution in [0.5, 0.6) is 0 Å². The highest BCUT2D eigenvalue weighted by molar-refractivity contribution is 5.92. The fourth-order valence-electron chi connectivity index (χ4n) is 2.69. The predicted molar refractivity (Wildman–Crippen MR) is 83.6 cm³/mol. The van der Waals surface area contributed by atoms with Crippen molar-refractivity contribution in [2.24, 2.45) is 5.92 Å². The van der Waals surface area contributed by atoms with Gasteiger partial charge in [-0.1, -0.05) is 19.0 Å². The lowest BCUT2D eigenvalue weighted by atomic mass is 10.0. The lowest BCUT2D eigenvalue weighted by molar-refractivity contribution is 0.0305. The van der Waals surface area contributed by atoms with Crippen LogP contribution in [0.1, 0.15) is 43.4 Å². The second-order valence-electron chi connectivity index (χ2n) is 6.46. The Morgan fingerprint density at radius 1 is 1.36 bits per heavy atom. The molecule has 1 aliphatic heterocycles. The highest BCUT2D eigenvalue weighted by Crippen LogP contribution is 2.14. The van der Waals surface area contributed by atoms with Gasteiger partial charge in [-0.15, -0.1) is 0 Å². The molecule has 1 aromatic rings. The van der Waals surface area contributed by atoms with Crippen molar-refractivity contribution in [1.29, 1.82) is 0 Å². The van der Waals surface area contributed by atoms with E-state index in [1.165, 1.54) is 0 Å². The first-order valence-electron chi connectivity index (χ1n) is 8.00. The number of carbonyl (C=O) groups excluding carboxylic acids is 1. The molecule has 1 atom stereocenters. The van der Waals surface area contributed by atoms with Crippen molar-refractivity contribution in [3.8, 4) is 0 Å². The summed E-state index contributed by atoms with van der Waals surface area (Å²) in [5.41, 5.74) is 0.390. The Morgan fingerprint density at radius 2 is 2.05 bits per heavy atom. The summed E-state index contributed by atoms with van der Waals surface area (Å²) < 4.78 is 10.6. The number of amides is 1. The molecule has 0 bridgehead atoms. The molecule has 1 amide bonds. The fourth-order valence-corrected chi connectivity index (χ4v) is 2.69. The third kappa shape index (κ3) is 4.55. The average Bonchev–Trinajstić information content (AvgIpc) is 2.94. The van der Waals surface area contributed by atoms with Crippen molar-refractivity contribution in [1.82, 2.24) is 15.0 Å². The maximum atomic E-state index is 12.4. The molecule has 0 radical (unpaired) electrons. The maximum Gasteiger partial charge on any atom is 0.276 e. The minimum atomic E-state index is -0.0786. The molecule has 0 spiro atoms. The van der Waals surface area contributed by atoms with Crippen molar-refractivity contribution in [2.45, 2.75) is 39.8 Å². The number of ether oxygens (including phenoxy) is 1. The predicted octanol–water partition coefficient (Wildman–Crippen LogP) is 2.01. The molecule has 1 fully saturated rings. The summed E-state index contributed by atoms with van der Waals surface area (Å²) in [6.07, 6.45) is 0.973. The van der Waals surface area contributed by atoms with E-state index in [4.69, 9.17) is 9.26 Å². The van der Waals surface area contributed by atoms with Gasteiger partial charge in [0.25, 0.3) is 5.91 Å². The molecule has 0 unspecified atom stereocenters. The van der Waals surface area contributed by atoms with Gasteiger partial charge in [0.2, 0.25) is 0 Å². The molecule has 6 heteroatoms. The SMILES string of the molecule is CC(C)C[C@@H](C)N(C)C(=O)c1cc(CN2CCOCC2)on1. The number of hydrogen-bond donors (Lipinski definition) is 0. The van der Waals surface area contributed by atoms with Gasteiger partial charge in [0.15, 0.2) is 11.5 Å². The van der Waals surface area contributed by atoms with Gasteiger partial charge in [-0.3, -0.25) is 9.69 Å². The van der Waals surface area contributed by atoms with Crippen LogP contribution in [0.3, 0.4) is 0 Å². The van der Waals surface area contributed by atoms with Gasteiger partial charge in [0, 0.05) is 32.2 Å². The third-order valence-corrected chi connectivity index (χ3v) is 4.06. The zero-order chi connectivity index (χ0) is 16.1. The van der Waals surface area contributed by atoms with Gasteiger partial charge in [-0.05, 0) is 19.3 Å². The Bertz CT molecular complexity index is 481. The summed E-state index contributed by atoms with van der Waals surface area (Å²) in [4.78, 5) is 16.4. The van der Waals surface area contributed by atoms with Crippen LogP contribution >= 0.6 is 0 Å². The monoisotopic (exact) mass is 309 g/mol. The summed E-state index contributed by atoms with van der Waals surface area (Å²) in [6, 6.07) is 1.95. The van der Waals surface area contributed by atoms with Crippen molar-refractivity contribution in [3.05, 3.63) is 17.5 Å². The van der Waals surface area contributed by atoms with Gasteiger partial charge in [0.1, 0.15) is 0 Å². The van der Waals surface area contributed by atoms with Gasteiger partial charge in [-0.25, -0.2) is 0 Å². The summed E-state index contributed by atoms with van der Waals surface area (Å²) in [6.45, 7) is 10.3. The van der Waals surface area contributed by atoms with E-state index in [2.05, 4.69) is 30.8 Å². The van der Waals surface area contributed by atoms with Crippen molar-refractivity contribution >= 4 is 5.91 Å². The van der Waals surface area contributed by atoms with E-state index < -0.39 is 0 Å². The van der Waals surface area contributed by atoms with Crippen LogP contribution in [-0.4, -0.2) is 60.3 Å². The van der Waals surface area contributed by atoms with E-state index in [0.717, 1.165) is 38.5 Å². The van der Waals surface area contributed by atoms with Crippen molar-refractivity contribution in [3.63, 3.8) is 0 Å². The Balaban J connectivity index is 1.93. The Morgan fingerprint density at radius 3 is 2.68 bits per heavy atom. The second kappa shape index (κ2) is 7.74. The standard InChI is InChI=1S/C16H27N3O3/c1-12(2)9-13(3)18(4)16(20)15-10-14(22-17-15)11-19-5-7-21-8-6-19/h10,12-13H,5-9,11H2,1-4H3/t13-/m1/s1. The molecule has 1 saturated heterocycles. The molecular weight excluding hydrogens is 282 g/mol. The van der Waals surface area contributed by atoms with Crippen molar-refractivity contribution in [2.75, 3.05) is 33.4 Å². The molecular formula is C16H27N3O3. The largest absolute Gasteiger partial charge is 0.379 e. The molecule has 2 heterocycles. The van der Waals surface area contributed by atoms with Crippen LogP contribution in [0.15, 0.2) is 10.6 Å². The van der Waals surface area contributed by atoms with E-state index in [9.17, 15) is 4.79 Å². The Hall–Kier alpha value is -1.40. The molecule has 0 aromatic carbocycles. The van der Waals surface area contributed by atoms with E-state index >= 15 is 0 Å². The van der Waals surface area contributed by atoms with E-state index in [0.29, 0.717) is 18.2 Å². The van der Waals surface area contributed by atoms with Gasteiger partial charge in [0.05, 0.1) is 19.8 Å². The molecule has 6 nitrogen and oxygen atoms in total. The highest BCUT2D eigenvalue weighted by atomic mass is 16.5. The minimum Gasteiger partial charge on any atom is -0.379 e.